The van der Waals surface area contributed by atoms with Crippen molar-refractivity contribution in [1.29, 1.82) is 0 Å². The van der Waals surface area contributed by atoms with Crippen molar-refractivity contribution in [2.45, 2.75) is 12.8 Å². The van der Waals surface area contributed by atoms with Gasteiger partial charge in [-0.25, -0.2) is 0 Å². The number of carbonyl (C=O) groups is 2. The molecule has 0 aliphatic heterocycles. The zero-order valence-corrected chi connectivity index (χ0v) is 12.0. The quantitative estimate of drug-likeness (QED) is 0.384. The number of hydrogen-bond acceptors (Lipinski definition) is 3. The van der Waals surface area contributed by atoms with Gasteiger partial charge in [-0.05, 0) is 0 Å². The van der Waals surface area contributed by atoms with Gasteiger partial charge in [-0.15, -0.1) is 0 Å². The molecule has 0 radical (unpaired) electrons. The van der Waals surface area contributed by atoms with Gasteiger partial charge in [0.2, 0.25) is 5.91 Å². The molecule has 0 aromatic carbocycles. The first-order valence-corrected chi connectivity index (χ1v) is 4.66. The first kappa shape index (κ1) is 16.6. The first-order valence-electron chi connectivity index (χ1n) is 4.08. The molecular weight excluding hydrogens is 373 g/mol. The summed E-state index contributed by atoms with van der Waals surface area (Å²) in [4.78, 5) is 21.4. The Morgan fingerprint density at radius 2 is 2.00 bits per heavy atom. The summed E-state index contributed by atoms with van der Waals surface area (Å²) in [5.41, 5.74) is -0.0517. The maximum absolute atomic E-state index is 11.0. The molecule has 0 rings (SSSR count). The van der Waals surface area contributed by atoms with Gasteiger partial charge in [0, 0.05) is 40.5 Å². The van der Waals surface area contributed by atoms with Crippen LogP contribution in [0.15, 0.2) is 0 Å². The number of nitrogens with one attached hydrogen (secondary N) is 1. The molecule has 1 unspecified atom stereocenters. The Morgan fingerprint density at radius 3 is 2.50 bits per heavy atom. The average Bonchev–Trinajstić information content (AvgIpc) is 2.09. The minimum atomic E-state index is -0.122. The fraction of sp³-hybridized carbons (Fsp3) is 0.625. The van der Waals surface area contributed by atoms with Gasteiger partial charge in [0.15, 0.2) is 0 Å². The summed E-state index contributed by atoms with van der Waals surface area (Å²) in [5, 5.41) is 2.62. The second kappa shape index (κ2) is 11.3. The van der Waals surface area contributed by atoms with Crippen LogP contribution in [-0.2, 0) is 35.4 Å². The summed E-state index contributed by atoms with van der Waals surface area (Å²) in [6.07, 6.45) is 0.513. The van der Waals surface area contributed by atoms with Crippen molar-refractivity contribution in [3.05, 3.63) is 6.92 Å². The van der Waals surface area contributed by atoms with E-state index in [-0.39, 0.29) is 45.3 Å². The van der Waals surface area contributed by atoms with Crippen LogP contribution in [0, 0.1) is 6.92 Å². The second-order valence-corrected chi connectivity index (χ2v) is 3.07. The molecule has 4 nitrogen and oxygen atoms in total. The first-order chi connectivity index (χ1) is 6.16. The Hall–Kier alpha value is 0.218. The van der Waals surface area contributed by atoms with Gasteiger partial charge >= 0.3 is 0 Å². The molecule has 0 saturated carbocycles. The van der Waals surface area contributed by atoms with Crippen LogP contribution in [0.2, 0.25) is 0 Å². The predicted molar refractivity (Wildman–Crippen MR) is 53.1 cm³/mol. The normalized spacial score (nSPS) is 9.00. The number of rotatable bonds is 7. The van der Waals surface area contributed by atoms with E-state index in [0.29, 0.717) is 19.8 Å². The van der Waals surface area contributed by atoms with E-state index in [1.807, 2.05) is 9.24 Å². The van der Waals surface area contributed by atoms with E-state index in [9.17, 15) is 9.59 Å². The number of amides is 1. The Balaban J connectivity index is 0. The number of carbonyl (C=O) groups excluding carboxylic acids is 2. The summed E-state index contributed by atoms with van der Waals surface area (Å²) >= 11 is 0. The zero-order chi connectivity index (χ0) is 10.1. The average molecular weight is 388 g/mol. The molecule has 0 heterocycles. The van der Waals surface area contributed by atoms with E-state index in [2.05, 4.69) is 12.2 Å². The summed E-state index contributed by atoms with van der Waals surface area (Å²) in [5.74, 6) is -0.122. The maximum Gasteiger partial charge on any atom is 0.220 e. The summed E-state index contributed by atoms with van der Waals surface area (Å²) in [7, 11) is 2.04. The Labute approximate surface area is 101 Å². The zero-order valence-electron chi connectivity index (χ0n) is 7.95. The van der Waals surface area contributed by atoms with Gasteiger partial charge in [0.25, 0.3) is 0 Å². The molecule has 0 aliphatic rings. The van der Waals surface area contributed by atoms with Crippen molar-refractivity contribution in [3.63, 3.8) is 0 Å². The van der Waals surface area contributed by atoms with Crippen LogP contribution in [0.5, 0.6) is 0 Å². The minimum Gasteiger partial charge on any atom is -0.412 e. The van der Waals surface area contributed by atoms with E-state index in [1.54, 1.807) is 0 Å². The minimum absolute atomic E-state index is 0. The van der Waals surface area contributed by atoms with Crippen LogP contribution in [0.25, 0.3) is 0 Å². The third kappa shape index (κ3) is 12.2. The van der Waals surface area contributed by atoms with E-state index in [0.717, 1.165) is 0 Å². The Morgan fingerprint density at radius 1 is 1.36 bits per heavy atom. The molecule has 0 aromatic rings. The van der Waals surface area contributed by atoms with Gasteiger partial charge in [-0.3, -0.25) is 9.59 Å². The predicted octanol–water partition coefficient (Wildman–Crippen LogP) is 0.133. The molecule has 6 heteroatoms. The largest absolute Gasteiger partial charge is 0.412 e. The molecule has 14 heavy (non-hydrogen) atoms. The van der Waals surface area contributed by atoms with Crippen molar-refractivity contribution < 1.29 is 35.4 Å². The monoisotopic (exact) mass is 388 g/mol. The molecule has 0 saturated heterocycles. The van der Waals surface area contributed by atoms with E-state index in [1.165, 1.54) is 0 Å². The van der Waals surface area contributed by atoms with Gasteiger partial charge in [-0.2, -0.15) is 0 Å². The molecule has 1 amide bonds. The van der Waals surface area contributed by atoms with E-state index in [4.69, 9.17) is 4.74 Å². The van der Waals surface area contributed by atoms with Crippen molar-refractivity contribution in [2.75, 3.05) is 19.8 Å². The van der Waals surface area contributed by atoms with Crippen LogP contribution in [0.3, 0.4) is 0 Å². The van der Waals surface area contributed by atoms with E-state index >= 15 is 0 Å². The summed E-state index contributed by atoms with van der Waals surface area (Å²) < 4.78 is 4.91. The van der Waals surface area contributed by atoms with Gasteiger partial charge in [-0.1, -0.05) is 15.8 Å². The van der Waals surface area contributed by atoms with Crippen molar-refractivity contribution in [1.82, 2.24) is 5.32 Å². The van der Waals surface area contributed by atoms with Gasteiger partial charge < -0.3 is 17.0 Å². The van der Waals surface area contributed by atoms with Crippen LogP contribution >= 0.6 is 9.24 Å². The van der Waals surface area contributed by atoms with Crippen molar-refractivity contribution >= 4 is 20.7 Å². The van der Waals surface area contributed by atoms with Crippen molar-refractivity contribution in [2.24, 2.45) is 0 Å². The van der Waals surface area contributed by atoms with Crippen LogP contribution < -0.4 is 5.32 Å². The maximum atomic E-state index is 11.0. The molecule has 1 N–H and O–H groups in total. The van der Waals surface area contributed by atoms with E-state index < -0.39 is 0 Å². The SMILES string of the molecule is [CH2-]COCCNC(=O)CCC(=O)P.[W]. The van der Waals surface area contributed by atoms with Crippen LogP contribution in [0.1, 0.15) is 12.8 Å². The molecule has 0 fully saturated rings. The molecule has 0 aliphatic carbocycles. The molecule has 0 spiro atoms. The number of ether oxygens (including phenoxy) is 1. The third-order valence-electron chi connectivity index (χ3n) is 1.31. The van der Waals surface area contributed by atoms with Crippen LogP contribution in [-0.4, -0.2) is 31.2 Å². The van der Waals surface area contributed by atoms with Gasteiger partial charge in [0.05, 0.1) is 6.61 Å². The summed E-state index contributed by atoms with van der Waals surface area (Å²) in [6, 6.07) is 0. The molecule has 1 atom stereocenters. The fourth-order valence-electron chi connectivity index (χ4n) is 0.690. The third-order valence-corrected chi connectivity index (χ3v) is 1.60. The second-order valence-electron chi connectivity index (χ2n) is 2.43. The number of hydrogen-bond donors (Lipinski definition) is 1. The van der Waals surface area contributed by atoms with Crippen LogP contribution in [0.4, 0.5) is 0 Å². The smallest absolute Gasteiger partial charge is 0.220 e. The van der Waals surface area contributed by atoms with Crippen molar-refractivity contribution in [3.8, 4) is 0 Å². The van der Waals surface area contributed by atoms with Gasteiger partial charge in [0.1, 0.15) is 5.52 Å². The summed E-state index contributed by atoms with van der Waals surface area (Å²) in [6.45, 7) is 4.82. The molecule has 0 bridgehead atoms. The fourth-order valence-corrected chi connectivity index (χ4v) is 0.834. The molecule has 82 valence electrons. The molecular formula is C8H15NO3PW-. The Bertz CT molecular complexity index is 178. The molecule has 0 aromatic heterocycles. The standard InChI is InChI=1S/C8H15NO3P.W/c1-2-12-6-5-9-7(10)3-4-8(11)13;/h1-6,13H2,(H,9,10);/q-1;. The topological polar surface area (TPSA) is 55.4 Å². The Kier molecular flexibility index (Phi) is 13.4.